The number of nitro groups is 1. The molecule has 2 atom stereocenters. The molecule has 0 amide bonds. The lowest BCUT2D eigenvalue weighted by molar-refractivity contribution is -0.389. The molecule has 1 fully saturated rings. The van der Waals surface area contributed by atoms with Crippen LogP contribution in [0.3, 0.4) is 0 Å². The van der Waals surface area contributed by atoms with Crippen molar-refractivity contribution in [2.45, 2.75) is 32.2 Å². The molecule has 0 aliphatic heterocycles. The molecule has 2 rings (SSSR count). The highest BCUT2D eigenvalue weighted by Crippen LogP contribution is 2.38. The maximum Gasteiger partial charge on any atom is 0.364 e. The summed E-state index contributed by atoms with van der Waals surface area (Å²) < 4.78 is 0. The first-order valence-electron chi connectivity index (χ1n) is 6.17. The number of rotatable bonds is 6. The molecule has 2 N–H and O–H groups in total. The molecule has 1 aliphatic rings. The first-order chi connectivity index (χ1) is 9.02. The maximum absolute atomic E-state index is 11.1. The summed E-state index contributed by atoms with van der Waals surface area (Å²) in [4.78, 5) is 24.7. The van der Waals surface area contributed by atoms with Gasteiger partial charge < -0.3 is 20.5 Å². The number of hydrogen-bond acceptors (Lipinski definition) is 5. The van der Waals surface area contributed by atoms with Crippen LogP contribution in [-0.4, -0.2) is 27.0 Å². The molecule has 0 saturated heterocycles. The highest BCUT2D eigenvalue weighted by molar-refractivity contribution is 5.94. The number of nitrogens with zero attached hydrogens (tertiary/aromatic N) is 2. The molecular formula is C12H15N3O4. The van der Waals surface area contributed by atoms with Crippen molar-refractivity contribution in [2.75, 3.05) is 5.32 Å². The topological polar surface area (TPSA) is 105 Å². The van der Waals surface area contributed by atoms with E-state index in [-0.39, 0.29) is 11.6 Å². The van der Waals surface area contributed by atoms with Crippen LogP contribution in [-0.2, 0) is 0 Å². The summed E-state index contributed by atoms with van der Waals surface area (Å²) in [6.45, 7) is 2.10. The zero-order valence-corrected chi connectivity index (χ0v) is 10.5. The molecule has 0 radical (unpaired) electrons. The molecule has 1 saturated carbocycles. The largest absolute Gasteiger partial charge is 0.478 e. The SMILES string of the molecule is CCCC1CC1Nc1cnc([N+](=O)[O-])cc1C(=O)O. The molecule has 19 heavy (non-hydrogen) atoms. The Morgan fingerprint density at radius 2 is 2.42 bits per heavy atom. The van der Waals surface area contributed by atoms with Crippen LogP contribution in [0.5, 0.6) is 0 Å². The van der Waals surface area contributed by atoms with Crippen LogP contribution in [0.2, 0.25) is 0 Å². The monoisotopic (exact) mass is 265 g/mol. The maximum atomic E-state index is 11.1. The summed E-state index contributed by atoms with van der Waals surface area (Å²) in [5.74, 6) is -1.09. The summed E-state index contributed by atoms with van der Waals surface area (Å²) in [6.07, 6.45) is 4.42. The lowest BCUT2D eigenvalue weighted by atomic mass is 10.2. The number of nitrogens with one attached hydrogen (secondary N) is 1. The smallest absolute Gasteiger partial charge is 0.364 e. The predicted octanol–water partition coefficient (Wildman–Crippen LogP) is 2.29. The van der Waals surface area contributed by atoms with E-state index in [4.69, 9.17) is 5.11 Å². The Morgan fingerprint density at radius 3 is 3.00 bits per heavy atom. The van der Waals surface area contributed by atoms with E-state index in [9.17, 15) is 14.9 Å². The Bertz CT molecular complexity index is 518. The highest BCUT2D eigenvalue weighted by atomic mass is 16.6. The summed E-state index contributed by atoms with van der Waals surface area (Å²) in [6, 6.07) is 1.24. The lowest BCUT2D eigenvalue weighted by Crippen LogP contribution is -2.11. The predicted molar refractivity (Wildman–Crippen MR) is 68.3 cm³/mol. The quantitative estimate of drug-likeness (QED) is 0.603. The number of aromatic nitrogens is 1. The summed E-state index contributed by atoms with van der Waals surface area (Å²) in [5.41, 5.74) is 0.241. The molecule has 1 heterocycles. The van der Waals surface area contributed by atoms with E-state index in [1.165, 1.54) is 6.20 Å². The van der Waals surface area contributed by atoms with E-state index in [0.29, 0.717) is 11.6 Å². The fourth-order valence-electron chi connectivity index (χ4n) is 2.15. The summed E-state index contributed by atoms with van der Waals surface area (Å²) in [5, 5.41) is 22.8. The van der Waals surface area contributed by atoms with Crippen molar-refractivity contribution in [1.82, 2.24) is 4.98 Å². The minimum absolute atomic E-state index is 0.108. The summed E-state index contributed by atoms with van der Waals surface area (Å²) >= 11 is 0. The number of carboxylic acids is 1. The molecule has 2 unspecified atom stereocenters. The standard InChI is InChI=1S/C12H15N3O4/c1-2-3-7-4-9(7)14-10-6-13-11(15(18)19)5-8(10)12(16)17/h5-7,9,14H,2-4H2,1H3,(H,16,17). The van der Waals surface area contributed by atoms with Crippen molar-refractivity contribution in [3.05, 3.63) is 27.9 Å². The number of aromatic carboxylic acids is 1. The molecule has 0 aromatic carbocycles. The van der Waals surface area contributed by atoms with Gasteiger partial charge in [-0.15, -0.1) is 0 Å². The van der Waals surface area contributed by atoms with Crippen LogP contribution in [0.4, 0.5) is 11.5 Å². The molecular weight excluding hydrogens is 250 g/mol. The van der Waals surface area contributed by atoms with Crippen molar-refractivity contribution >= 4 is 17.5 Å². The van der Waals surface area contributed by atoms with Crippen LogP contribution in [0, 0.1) is 16.0 Å². The van der Waals surface area contributed by atoms with Crippen molar-refractivity contribution in [3.8, 4) is 0 Å². The van der Waals surface area contributed by atoms with E-state index in [2.05, 4.69) is 17.2 Å². The summed E-state index contributed by atoms with van der Waals surface area (Å²) in [7, 11) is 0. The third-order valence-electron chi connectivity index (χ3n) is 3.23. The Morgan fingerprint density at radius 1 is 1.68 bits per heavy atom. The van der Waals surface area contributed by atoms with Gasteiger partial charge in [-0.2, -0.15) is 0 Å². The average Bonchev–Trinajstić information content (AvgIpc) is 3.07. The fraction of sp³-hybridized carbons (Fsp3) is 0.500. The van der Waals surface area contributed by atoms with E-state index in [0.717, 1.165) is 25.3 Å². The second kappa shape index (κ2) is 5.21. The third-order valence-corrected chi connectivity index (χ3v) is 3.23. The lowest BCUT2D eigenvalue weighted by Gasteiger charge is -2.07. The number of carbonyl (C=O) groups is 1. The zero-order chi connectivity index (χ0) is 14.0. The van der Waals surface area contributed by atoms with Gasteiger partial charge in [0.1, 0.15) is 0 Å². The normalized spacial score (nSPS) is 20.9. The fourth-order valence-corrected chi connectivity index (χ4v) is 2.15. The second-order valence-corrected chi connectivity index (χ2v) is 4.69. The third kappa shape index (κ3) is 2.98. The Labute approximate surface area is 109 Å². The molecule has 0 bridgehead atoms. The zero-order valence-electron chi connectivity index (χ0n) is 10.5. The number of pyridine rings is 1. The van der Waals surface area contributed by atoms with Crippen LogP contribution in [0.15, 0.2) is 12.3 Å². The van der Waals surface area contributed by atoms with Gasteiger partial charge >= 0.3 is 11.8 Å². The van der Waals surface area contributed by atoms with Gasteiger partial charge in [-0.1, -0.05) is 13.3 Å². The molecule has 7 nitrogen and oxygen atoms in total. The van der Waals surface area contributed by atoms with Crippen LogP contribution in [0.25, 0.3) is 0 Å². The first-order valence-corrected chi connectivity index (χ1v) is 6.17. The molecule has 0 spiro atoms. The van der Waals surface area contributed by atoms with Gasteiger partial charge in [0.25, 0.3) is 0 Å². The number of anilines is 1. The van der Waals surface area contributed by atoms with Crippen LogP contribution in [0.1, 0.15) is 36.5 Å². The average molecular weight is 265 g/mol. The van der Waals surface area contributed by atoms with E-state index in [1.54, 1.807) is 0 Å². The second-order valence-electron chi connectivity index (χ2n) is 4.69. The van der Waals surface area contributed by atoms with Gasteiger partial charge in [-0.25, -0.2) is 4.79 Å². The van der Waals surface area contributed by atoms with Crippen molar-refractivity contribution in [2.24, 2.45) is 5.92 Å². The molecule has 1 aliphatic carbocycles. The Balaban J connectivity index is 2.16. The van der Waals surface area contributed by atoms with Gasteiger partial charge in [-0.3, -0.25) is 0 Å². The van der Waals surface area contributed by atoms with Gasteiger partial charge in [0, 0.05) is 6.04 Å². The van der Waals surface area contributed by atoms with Crippen molar-refractivity contribution < 1.29 is 14.8 Å². The minimum atomic E-state index is -1.19. The van der Waals surface area contributed by atoms with Gasteiger partial charge in [0.2, 0.25) is 0 Å². The Hall–Kier alpha value is -2.18. The Kier molecular flexibility index (Phi) is 3.64. The first kappa shape index (κ1) is 13.3. The molecule has 7 heteroatoms. The van der Waals surface area contributed by atoms with Crippen molar-refractivity contribution in [1.29, 1.82) is 0 Å². The van der Waals surface area contributed by atoms with E-state index in [1.807, 2.05) is 0 Å². The van der Waals surface area contributed by atoms with Gasteiger partial charge in [-0.05, 0) is 28.7 Å². The van der Waals surface area contributed by atoms with Crippen LogP contribution < -0.4 is 5.32 Å². The number of hydrogen-bond donors (Lipinski definition) is 2. The number of carboxylic acid groups (broad SMARTS) is 1. The molecule has 102 valence electrons. The van der Waals surface area contributed by atoms with Gasteiger partial charge in [0.15, 0.2) is 6.20 Å². The highest BCUT2D eigenvalue weighted by Gasteiger charge is 2.37. The molecule has 1 aromatic heterocycles. The minimum Gasteiger partial charge on any atom is -0.478 e. The van der Waals surface area contributed by atoms with E-state index >= 15 is 0 Å². The van der Waals surface area contributed by atoms with Gasteiger partial charge in [0.05, 0.1) is 17.3 Å². The van der Waals surface area contributed by atoms with Crippen LogP contribution >= 0.6 is 0 Å². The van der Waals surface area contributed by atoms with Crippen molar-refractivity contribution in [3.63, 3.8) is 0 Å². The van der Waals surface area contributed by atoms with E-state index < -0.39 is 16.7 Å². The molecule has 1 aromatic rings.